The van der Waals surface area contributed by atoms with Crippen molar-refractivity contribution in [3.8, 4) is 11.3 Å². The highest BCUT2D eigenvalue weighted by Gasteiger charge is 2.31. The lowest BCUT2D eigenvalue weighted by Gasteiger charge is -2.32. The second-order valence-electron chi connectivity index (χ2n) is 10.1. The summed E-state index contributed by atoms with van der Waals surface area (Å²) in [4.78, 5) is 20.1. The SMILES string of the molecule is CN(C)CCN(Cc1c(-c2ccccc2)noc1N(C)C1CCCCC1)C(=O)C1CCCC1. The number of aromatic nitrogens is 1. The number of hydrogen-bond acceptors (Lipinski definition) is 5. The summed E-state index contributed by atoms with van der Waals surface area (Å²) in [6.07, 6.45) is 10.6. The van der Waals surface area contributed by atoms with E-state index in [0.717, 1.165) is 54.9 Å². The summed E-state index contributed by atoms with van der Waals surface area (Å²) in [5.74, 6) is 1.28. The molecule has 6 heteroatoms. The number of hydrogen-bond donors (Lipinski definition) is 0. The molecule has 0 bridgehead atoms. The number of nitrogens with zero attached hydrogens (tertiary/aromatic N) is 4. The molecule has 0 unspecified atom stereocenters. The molecule has 2 fully saturated rings. The summed E-state index contributed by atoms with van der Waals surface area (Å²) < 4.78 is 6.02. The number of carbonyl (C=O) groups excluding carboxylic acids is 1. The molecule has 1 aromatic heterocycles. The van der Waals surface area contributed by atoms with E-state index in [1.165, 1.54) is 32.1 Å². The molecule has 0 aliphatic heterocycles. The minimum absolute atomic E-state index is 0.159. The van der Waals surface area contributed by atoms with Crippen molar-refractivity contribution in [2.24, 2.45) is 5.92 Å². The van der Waals surface area contributed by atoms with Crippen LogP contribution < -0.4 is 4.90 Å². The molecule has 2 aliphatic carbocycles. The number of amides is 1. The van der Waals surface area contributed by atoms with Gasteiger partial charge in [0.15, 0.2) is 0 Å². The summed E-state index contributed by atoms with van der Waals surface area (Å²) in [5, 5.41) is 4.54. The molecule has 0 atom stereocenters. The Bertz CT molecular complexity index is 883. The van der Waals surface area contributed by atoms with Crippen LogP contribution in [0.5, 0.6) is 0 Å². The molecule has 0 radical (unpaired) electrons. The Morgan fingerprint density at radius 2 is 1.61 bits per heavy atom. The highest BCUT2D eigenvalue weighted by Crippen LogP contribution is 2.36. The van der Waals surface area contributed by atoms with E-state index in [1.54, 1.807) is 0 Å². The fourth-order valence-corrected chi connectivity index (χ4v) is 5.39. The Morgan fingerprint density at radius 3 is 2.27 bits per heavy atom. The summed E-state index contributed by atoms with van der Waals surface area (Å²) in [6, 6.07) is 10.7. The normalized spacial score (nSPS) is 17.6. The van der Waals surface area contributed by atoms with Crippen molar-refractivity contribution >= 4 is 11.8 Å². The molecule has 1 aromatic carbocycles. The van der Waals surface area contributed by atoms with Crippen LogP contribution in [0.4, 0.5) is 5.88 Å². The van der Waals surface area contributed by atoms with Gasteiger partial charge in [-0.05, 0) is 39.8 Å². The maximum absolute atomic E-state index is 13.6. The average molecular weight is 453 g/mol. The van der Waals surface area contributed by atoms with Crippen molar-refractivity contribution in [3.05, 3.63) is 35.9 Å². The number of anilines is 1. The first-order chi connectivity index (χ1) is 16.0. The van der Waals surface area contributed by atoms with Gasteiger partial charge in [-0.15, -0.1) is 0 Å². The standard InChI is InChI=1S/C27H40N4O2/c1-29(2)18-19-31(26(32)22-14-10-11-15-22)20-24-25(21-12-6-4-7-13-21)28-33-27(24)30(3)23-16-8-5-9-17-23/h4,6-7,12-13,22-23H,5,8-11,14-20H2,1-3H3. The lowest BCUT2D eigenvalue weighted by molar-refractivity contribution is -0.136. The topological polar surface area (TPSA) is 52.8 Å². The van der Waals surface area contributed by atoms with Crippen molar-refractivity contribution in [1.29, 1.82) is 0 Å². The van der Waals surface area contributed by atoms with E-state index in [2.05, 4.69) is 53.1 Å². The zero-order valence-corrected chi connectivity index (χ0v) is 20.6. The van der Waals surface area contributed by atoms with Crippen molar-refractivity contribution in [2.75, 3.05) is 39.1 Å². The fraction of sp³-hybridized carbons (Fsp3) is 0.630. The number of benzene rings is 1. The van der Waals surface area contributed by atoms with Crippen molar-refractivity contribution in [1.82, 2.24) is 15.0 Å². The van der Waals surface area contributed by atoms with Gasteiger partial charge >= 0.3 is 0 Å². The summed E-state index contributed by atoms with van der Waals surface area (Å²) in [7, 11) is 6.27. The van der Waals surface area contributed by atoms with Crippen LogP contribution in [0.15, 0.2) is 34.9 Å². The third-order valence-corrected chi connectivity index (χ3v) is 7.44. The average Bonchev–Trinajstić information content (AvgIpc) is 3.52. The zero-order chi connectivity index (χ0) is 23.2. The lowest BCUT2D eigenvalue weighted by Crippen LogP contribution is -2.40. The highest BCUT2D eigenvalue weighted by molar-refractivity contribution is 5.80. The number of likely N-dealkylation sites (N-methyl/N-ethyl adjacent to an activating group) is 1. The van der Waals surface area contributed by atoms with Gasteiger partial charge in [-0.3, -0.25) is 4.79 Å². The van der Waals surface area contributed by atoms with Crippen LogP contribution in [-0.4, -0.2) is 61.1 Å². The first-order valence-electron chi connectivity index (χ1n) is 12.7. The van der Waals surface area contributed by atoms with Crippen LogP contribution in [-0.2, 0) is 11.3 Å². The molecule has 0 saturated heterocycles. The minimum Gasteiger partial charge on any atom is -0.340 e. The van der Waals surface area contributed by atoms with Crippen LogP contribution in [0.2, 0.25) is 0 Å². The summed E-state index contributed by atoms with van der Waals surface area (Å²) >= 11 is 0. The molecule has 2 saturated carbocycles. The van der Waals surface area contributed by atoms with Crippen molar-refractivity contribution in [2.45, 2.75) is 70.4 Å². The highest BCUT2D eigenvalue weighted by atomic mass is 16.5. The Balaban J connectivity index is 1.67. The zero-order valence-electron chi connectivity index (χ0n) is 20.6. The van der Waals surface area contributed by atoms with E-state index in [9.17, 15) is 4.79 Å². The van der Waals surface area contributed by atoms with Crippen LogP contribution in [0, 0.1) is 5.92 Å². The largest absolute Gasteiger partial charge is 0.340 e. The molecule has 6 nitrogen and oxygen atoms in total. The Hall–Kier alpha value is -2.34. The third-order valence-electron chi connectivity index (χ3n) is 7.44. The molecule has 33 heavy (non-hydrogen) atoms. The van der Waals surface area contributed by atoms with E-state index in [4.69, 9.17) is 4.52 Å². The van der Waals surface area contributed by atoms with Crippen LogP contribution in [0.3, 0.4) is 0 Å². The maximum atomic E-state index is 13.6. The molecule has 1 amide bonds. The molecule has 1 heterocycles. The van der Waals surface area contributed by atoms with Gasteiger partial charge in [0.2, 0.25) is 11.8 Å². The molecule has 0 spiro atoms. The van der Waals surface area contributed by atoms with Crippen LogP contribution >= 0.6 is 0 Å². The van der Waals surface area contributed by atoms with Gasteiger partial charge < -0.3 is 19.2 Å². The van der Waals surface area contributed by atoms with Gasteiger partial charge in [-0.25, -0.2) is 0 Å². The molecule has 180 valence electrons. The molecular weight excluding hydrogens is 412 g/mol. The first kappa shape index (κ1) is 23.8. The Morgan fingerprint density at radius 1 is 0.939 bits per heavy atom. The Kier molecular flexibility index (Phi) is 8.07. The fourth-order valence-electron chi connectivity index (χ4n) is 5.39. The second-order valence-corrected chi connectivity index (χ2v) is 10.1. The van der Waals surface area contributed by atoms with Crippen LogP contribution in [0.25, 0.3) is 11.3 Å². The lowest BCUT2D eigenvalue weighted by atomic mass is 9.94. The van der Waals surface area contributed by atoms with Crippen LogP contribution in [0.1, 0.15) is 63.4 Å². The number of carbonyl (C=O) groups is 1. The van der Waals surface area contributed by atoms with Gasteiger partial charge in [0.1, 0.15) is 5.69 Å². The van der Waals surface area contributed by atoms with E-state index in [-0.39, 0.29) is 5.92 Å². The third kappa shape index (κ3) is 5.78. The monoisotopic (exact) mass is 452 g/mol. The molecule has 2 aromatic rings. The van der Waals surface area contributed by atoms with Gasteiger partial charge in [0, 0.05) is 37.7 Å². The molecule has 2 aliphatic rings. The van der Waals surface area contributed by atoms with Gasteiger partial charge in [0.25, 0.3) is 0 Å². The van der Waals surface area contributed by atoms with E-state index >= 15 is 0 Å². The van der Waals surface area contributed by atoms with Gasteiger partial charge in [-0.1, -0.05) is 67.6 Å². The number of rotatable bonds is 9. The first-order valence-corrected chi connectivity index (χ1v) is 12.7. The van der Waals surface area contributed by atoms with E-state index in [1.807, 2.05) is 18.2 Å². The van der Waals surface area contributed by atoms with E-state index < -0.39 is 0 Å². The molecule has 4 rings (SSSR count). The minimum atomic E-state index is 0.159. The second kappa shape index (κ2) is 11.2. The molecule has 0 N–H and O–H groups in total. The summed E-state index contributed by atoms with van der Waals surface area (Å²) in [5.41, 5.74) is 2.95. The molecular formula is C27H40N4O2. The summed E-state index contributed by atoms with van der Waals surface area (Å²) in [6.45, 7) is 2.11. The van der Waals surface area contributed by atoms with E-state index in [0.29, 0.717) is 25.0 Å². The quantitative estimate of drug-likeness (QED) is 0.524. The van der Waals surface area contributed by atoms with Gasteiger partial charge in [-0.2, -0.15) is 0 Å². The smallest absolute Gasteiger partial charge is 0.232 e. The Labute approximate surface area is 198 Å². The van der Waals surface area contributed by atoms with Crippen molar-refractivity contribution in [3.63, 3.8) is 0 Å². The maximum Gasteiger partial charge on any atom is 0.232 e. The predicted molar refractivity (Wildman–Crippen MR) is 133 cm³/mol. The van der Waals surface area contributed by atoms with Gasteiger partial charge in [0.05, 0.1) is 12.1 Å². The van der Waals surface area contributed by atoms with Crippen molar-refractivity contribution < 1.29 is 9.32 Å². The predicted octanol–water partition coefficient (Wildman–Crippen LogP) is 5.19.